The van der Waals surface area contributed by atoms with Gasteiger partial charge in [-0.05, 0) is 18.4 Å². The van der Waals surface area contributed by atoms with Crippen LogP contribution in [-0.4, -0.2) is 15.3 Å². The van der Waals surface area contributed by atoms with Crippen LogP contribution >= 0.6 is 11.3 Å². The topological polar surface area (TPSA) is 71.9 Å². The van der Waals surface area contributed by atoms with E-state index in [1.54, 1.807) is 24.4 Å². The van der Waals surface area contributed by atoms with Crippen molar-refractivity contribution in [1.82, 2.24) is 9.55 Å². The number of nitrogens with zero attached hydrogens (tertiary/aromatic N) is 1. The number of Topliss-reactive ketones (excluding diaryl/α,β-unsaturated/α-hetero) is 1. The van der Waals surface area contributed by atoms with Gasteiger partial charge in [0.1, 0.15) is 0 Å². The number of aryl methyl sites for hydroxylation is 1. The second-order valence-electron chi connectivity index (χ2n) is 3.60. The quantitative estimate of drug-likeness (QED) is 0.818. The van der Waals surface area contributed by atoms with Gasteiger partial charge in [0.15, 0.2) is 5.78 Å². The molecule has 0 aliphatic heterocycles. The Hall–Kier alpha value is -1.95. The summed E-state index contributed by atoms with van der Waals surface area (Å²) in [5.74, 6) is -0.145. The van der Waals surface area contributed by atoms with Crippen LogP contribution in [0.3, 0.4) is 0 Å². The molecule has 0 bridgehead atoms. The Labute approximate surface area is 100 Å². The minimum Gasteiger partial charge on any atom is -0.292 e. The van der Waals surface area contributed by atoms with Gasteiger partial charge in [-0.25, -0.2) is 4.79 Å². The summed E-state index contributed by atoms with van der Waals surface area (Å²) in [5.41, 5.74) is -0.580. The average Bonchev–Trinajstić information content (AvgIpc) is 2.79. The second kappa shape index (κ2) is 4.50. The summed E-state index contributed by atoms with van der Waals surface area (Å²) >= 11 is 1.33. The molecule has 17 heavy (non-hydrogen) atoms. The first-order valence-corrected chi connectivity index (χ1v) is 5.83. The zero-order valence-corrected chi connectivity index (χ0v) is 9.91. The Bertz CT molecular complexity index is 652. The molecule has 0 atom stereocenters. The zero-order valence-electron chi connectivity index (χ0n) is 9.10. The fourth-order valence-corrected chi connectivity index (χ4v) is 2.06. The molecule has 2 heterocycles. The molecule has 1 N–H and O–H groups in total. The largest absolute Gasteiger partial charge is 0.328 e. The van der Waals surface area contributed by atoms with Crippen molar-refractivity contribution in [3.8, 4) is 0 Å². The number of carbonyl (C=O) groups excluding carboxylic acids is 1. The fourth-order valence-electron chi connectivity index (χ4n) is 1.41. The summed E-state index contributed by atoms with van der Waals surface area (Å²) in [7, 11) is 0. The smallest absolute Gasteiger partial charge is 0.292 e. The molecule has 0 aliphatic rings. The molecule has 0 aromatic carbocycles. The highest BCUT2D eigenvalue weighted by Crippen LogP contribution is 2.09. The van der Waals surface area contributed by atoms with E-state index in [0.29, 0.717) is 10.4 Å². The summed E-state index contributed by atoms with van der Waals surface area (Å²) in [6.07, 6.45) is 1.40. The Morgan fingerprint density at radius 1 is 1.47 bits per heavy atom. The van der Waals surface area contributed by atoms with Gasteiger partial charge >= 0.3 is 5.69 Å². The van der Waals surface area contributed by atoms with Crippen molar-refractivity contribution < 1.29 is 4.79 Å². The molecule has 0 saturated heterocycles. The van der Waals surface area contributed by atoms with E-state index in [1.165, 1.54) is 22.1 Å². The van der Waals surface area contributed by atoms with Crippen LogP contribution in [0.5, 0.6) is 0 Å². The highest BCUT2D eigenvalue weighted by Gasteiger charge is 2.09. The van der Waals surface area contributed by atoms with Crippen molar-refractivity contribution in [1.29, 1.82) is 0 Å². The van der Waals surface area contributed by atoms with Crippen molar-refractivity contribution in [3.05, 3.63) is 55.0 Å². The Morgan fingerprint density at radius 3 is 2.88 bits per heavy atom. The molecule has 2 rings (SSSR count). The molecule has 0 fully saturated rings. The van der Waals surface area contributed by atoms with E-state index in [-0.39, 0.29) is 12.3 Å². The van der Waals surface area contributed by atoms with Crippen molar-refractivity contribution in [2.75, 3.05) is 0 Å². The maximum absolute atomic E-state index is 11.8. The van der Waals surface area contributed by atoms with Crippen LogP contribution < -0.4 is 11.2 Å². The van der Waals surface area contributed by atoms with E-state index in [1.807, 2.05) is 0 Å². The van der Waals surface area contributed by atoms with Gasteiger partial charge in [-0.1, -0.05) is 6.07 Å². The average molecular weight is 250 g/mol. The predicted molar refractivity (Wildman–Crippen MR) is 64.7 cm³/mol. The Kier molecular flexibility index (Phi) is 3.06. The van der Waals surface area contributed by atoms with E-state index < -0.39 is 11.2 Å². The molecule has 0 spiro atoms. The van der Waals surface area contributed by atoms with Gasteiger partial charge in [-0.15, -0.1) is 11.3 Å². The first kappa shape index (κ1) is 11.5. The minimum atomic E-state index is -0.564. The Morgan fingerprint density at radius 2 is 2.24 bits per heavy atom. The van der Waals surface area contributed by atoms with E-state index >= 15 is 0 Å². The summed E-state index contributed by atoms with van der Waals surface area (Å²) in [6.45, 7) is 1.53. The lowest BCUT2D eigenvalue weighted by molar-refractivity contribution is 0.0974. The van der Waals surface area contributed by atoms with E-state index in [2.05, 4.69) is 4.98 Å². The number of H-pyrrole nitrogens is 1. The zero-order chi connectivity index (χ0) is 12.4. The van der Waals surface area contributed by atoms with Crippen LogP contribution in [0, 0.1) is 6.92 Å². The maximum atomic E-state index is 11.8. The third-order valence-electron chi connectivity index (χ3n) is 2.30. The summed E-state index contributed by atoms with van der Waals surface area (Å²) in [5, 5.41) is 1.80. The molecular formula is C11H10N2O3S. The molecule has 2 aromatic rings. The van der Waals surface area contributed by atoms with Gasteiger partial charge in [0, 0.05) is 11.8 Å². The molecule has 88 valence electrons. The summed E-state index contributed by atoms with van der Waals surface area (Å²) in [4.78, 5) is 37.2. The van der Waals surface area contributed by atoms with Gasteiger partial charge in [-0.3, -0.25) is 19.1 Å². The number of thiophene rings is 1. The fraction of sp³-hybridized carbons (Fsp3) is 0.182. The number of nitrogens with one attached hydrogen (secondary N) is 1. The van der Waals surface area contributed by atoms with E-state index in [0.717, 1.165) is 0 Å². The van der Waals surface area contributed by atoms with Gasteiger partial charge in [-0.2, -0.15) is 0 Å². The van der Waals surface area contributed by atoms with Crippen LogP contribution in [0.25, 0.3) is 0 Å². The van der Waals surface area contributed by atoms with E-state index in [4.69, 9.17) is 0 Å². The highest BCUT2D eigenvalue weighted by atomic mass is 32.1. The first-order chi connectivity index (χ1) is 8.08. The van der Waals surface area contributed by atoms with Crippen molar-refractivity contribution in [3.63, 3.8) is 0 Å². The maximum Gasteiger partial charge on any atom is 0.328 e. The normalized spacial score (nSPS) is 10.4. The number of aromatic nitrogens is 2. The number of ketones is 1. The minimum absolute atomic E-state index is 0.0586. The Balaban J connectivity index is 2.31. The molecule has 0 radical (unpaired) electrons. The molecule has 2 aromatic heterocycles. The SMILES string of the molecule is Cc1cn(CC(=O)c2cccs2)c(=O)[nH]c1=O. The number of rotatable bonds is 3. The number of hydrogen-bond acceptors (Lipinski definition) is 4. The van der Waals surface area contributed by atoms with E-state index in [9.17, 15) is 14.4 Å². The standard InChI is InChI=1S/C11H10N2O3S/c1-7-5-13(11(16)12-10(7)15)6-8(14)9-3-2-4-17-9/h2-5H,6H2,1H3,(H,12,15,16). The molecule has 0 unspecified atom stereocenters. The second-order valence-corrected chi connectivity index (χ2v) is 4.55. The van der Waals surface area contributed by atoms with Gasteiger partial charge < -0.3 is 0 Å². The van der Waals surface area contributed by atoms with Gasteiger partial charge in [0.2, 0.25) is 0 Å². The van der Waals surface area contributed by atoms with Crippen LogP contribution in [-0.2, 0) is 6.54 Å². The number of aromatic amines is 1. The van der Waals surface area contributed by atoms with Crippen LogP contribution in [0.1, 0.15) is 15.2 Å². The third-order valence-corrected chi connectivity index (χ3v) is 3.21. The van der Waals surface area contributed by atoms with Gasteiger partial charge in [0.25, 0.3) is 5.56 Å². The van der Waals surface area contributed by atoms with Crippen LogP contribution in [0.2, 0.25) is 0 Å². The molecule has 5 nitrogen and oxygen atoms in total. The molecule has 0 amide bonds. The van der Waals surface area contributed by atoms with Crippen molar-refractivity contribution in [2.24, 2.45) is 0 Å². The summed E-state index contributed by atoms with van der Waals surface area (Å²) < 4.78 is 1.21. The first-order valence-electron chi connectivity index (χ1n) is 4.95. The lowest BCUT2D eigenvalue weighted by Crippen LogP contribution is -2.32. The van der Waals surface area contributed by atoms with Gasteiger partial charge in [0.05, 0.1) is 11.4 Å². The monoisotopic (exact) mass is 250 g/mol. The third kappa shape index (κ3) is 2.42. The predicted octanol–water partition coefficient (Wildman–Crippen LogP) is 0.789. The van der Waals surface area contributed by atoms with Crippen molar-refractivity contribution in [2.45, 2.75) is 13.5 Å². The summed E-state index contributed by atoms with van der Waals surface area (Å²) in [6, 6.07) is 3.48. The van der Waals surface area contributed by atoms with Crippen molar-refractivity contribution >= 4 is 17.1 Å². The number of hydrogen-bond donors (Lipinski definition) is 1. The lowest BCUT2D eigenvalue weighted by atomic mass is 10.3. The van der Waals surface area contributed by atoms with Crippen LogP contribution in [0.4, 0.5) is 0 Å². The molecule has 0 aliphatic carbocycles. The lowest BCUT2D eigenvalue weighted by Gasteiger charge is -2.03. The molecular weight excluding hydrogens is 240 g/mol. The molecule has 0 saturated carbocycles. The molecule has 6 heteroatoms. The van der Waals surface area contributed by atoms with Crippen LogP contribution in [0.15, 0.2) is 33.3 Å². The number of carbonyl (C=O) groups is 1. The highest BCUT2D eigenvalue weighted by molar-refractivity contribution is 7.12.